The van der Waals surface area contributed by atoms with Crippen LogP contribution in [0.4, 0.5) is 0 Å². The first kappa shape index (κ1) is 10.7. The lowest BCUT2D eigenvalue weighted by molar-refractivity contribution is -0.0986. The predicted octanol–water partition coefficient (Wildman–Crippen LogP) is 1.69. The summed E-state index contributed by atoms with van der Waals surface area (Å²) >= 11 is 0. The van der Waals surface area contributed by atoms with Crippen LogP contribution in [0.2, 0.25) is 0 Å². The van der Waals surface area contributed by atoms with Gasteiger partial charge >= 0.3 is 0 Å². The maximum atomic E-state index is 9.84. The summed E-state index contributed by atoms with van der Waals surface area (Å²) in [5, 5.41) is 9.84. The summed E-state index contributed by atoms with van der Waals surface area (Å²) in [6.07, 6.45) is 1.95. The molecule has 15 heavy (non-hydrogen) atoms. The van der Waals surface area contributed by atoms with Crippen LogP contribution in [0, 0.1) is 0 Å². The van der Waals surface area contributed by atoms with Gasteiger partial charge in [-0.15, -0.1) is 0 Å². The van der Waals surface area contributed by atoms with E-state index in [2.05, 4.69) is 36.1 Å². The molecule has 0 aromatic heterocycles. The molecule has 0 amide bonds. The first-order chi connectivity index (χ1) is 7.22. The van der Waals surface area contributed by atoms with Crippen LogP contribution >= 0.6 is 0 Å². The Morgan fingerprint density at radius 2 is 1.93 bits per heavy atom. The molecule has 1 aliphatic heterocycles. The first-order valence-electron chi connectivity index (χ1n) is 5.70. The lowest BCUT2D eigenvalue weighted by Crippen LogP contribution is -2.61. The van der Waals surface area contributed by atoms with Gasteiger partial charge in [0.2, 0.25) is 0 Å². The maximum Gasteiger partial charge on any atom is 0.0897 e. The minimum atomic E-state index is -0.392. The van der Waals surface area contributed by atoms with Crippen LogP contribution in [0.3, 0.4) is 0 Å². The fourth-order valence-electron chi connectivity index (χ4n) is 2.10. The van der Waals surface area contributed by atoms with Gasteiger partial charge in [0.25, 0.3) is 0 Å². The van der Waals surface area contributed by atoms with Crippen molar-refractivity contribution in [2.45, 2.75) is 25.4 Å². The van der Waals surface area contributed by atoms with E-state index in [0.717, 1.165) is 32.5 Å². The van der Waals surface area contributed by atoms with Crippen molar-refractivity contribution in [1.82, 2.24) is 4.90 Å². The van der Waals surface area contributed by atoms with E-state index in [4.69, 9.17) is 0 Å². The van der Waals surface area contributed by atoms with Crippen molar-refractivity contribution in [2.75, 3.05) is 19.6 Å². The van der Waals surface area contributed by atoms with Gasteiger partial charge in [-0.3, -0.25) is 4.90 Å². The number of nitrogens with zero attached hydrogens (tertiary/aromatic N) is 1. The van der Waals surface area contributed by atoms with Gasteiger partial charge in [0.05, 0.1) is 5.60 Å². The average Bonchev–Trinajstić information content (AvgIpc) is 2.24. The van der Waals surface area contributed by atoms with Gasteiger partial charge in [0.1, 0.15) is 0 Å². The van der Waals surface area contributed by atoms with E-state index in [1.807, 2.05) is 6.07 Å². The van der Waals surface area contributed by atoms with Crippen LogP contribution in [0.1, 0.15) is 18.9 Å². The maximum absolute atomic E-state index is 9.84. The van der Waals surface area contributed by atoms with Gasteiger partial charge in [-0.25, -0.2) is 0 Å². The van der Waals surface area contributed by atoms with Crippen molar-refractivity contribution in [3.05, 3.63) is 35.9 Å². The first-order valence-corrected chi connectivity index (χ1v) is 5.70. The number of hydrogen-bond donors (Lipinski definition) is 1. The molecule has 2 nitrogen and oxygen atoms in total. The van der Waals surface area contributed by atoms with Gasteiger partial charge in [-0.2, -0.15) is 0 Å². The molecule has 2 rings (SSSR count). The van der Waals surface area contributed by atoms with Crippen LogP contribution in [-0.2, 0) is 6.42 Å². The third kappa shape index (κ3) is 2.58. The van der Waals surface area contributed by atoms with Gasteiger partial charge < -0.3 is 5.11 Å². The molecule has 0 spiro atoms. The highest BCUT2D eigenvalue weighted by Gasteiger charge is 2.38. The third-order valence-electron chi connectivity index (χ3n) is 3.25. The Labute approximate surface area is 91.5 Å². The lowest BCUT2D eigenvalue weighted by Gasteiger charge is -2.46. The number of β-amino-alcohol motifs (C(OH)–C–C–N with tert-alkyl or cyclic N) is 1. The third-order valence-corrected chi connectivity index (χ3v) is 3.25. The summed E-state index contributed by atoms with van der Waals surface area (Å²) < 4.78 is 0. The second-order valence-electron chi connectivity index (χ2n) is 4.52. The molecule has 1 aromatic carbocycles. The molecule has 1 aromatic rings. The monoisotopic (exact) mass is 205 g/mol. The van der Waals surface area contributed by atoms with E-state index in [0.29, 0.717) is 0 Å². The number of rotatable bonds is 4. The minimum absolute atomic E-state index is 0.392. The number of aliphatic hydroxyl groups is 1. The molecule has 82 valence electrons. The standard InChI is InChI=1S/C13H19NO/c1-2-13(15)10-14(11-13)9-8-12-6-4-3-5-7-12/h3-7,15H,2,8-11H2,1H3. The van der Waals surface area contributed by atoms with E-state index in [9.17, 15) is 5.11 Å². The Bertz CT molecular complexity index is 304. The second kappa shape index (κ2) is 4.33. The minimum Gasteiger partial charge on any atom is -0.387 e. The second-order valence-corrected chi connectivity index (χ2v) is 4.52. The molecule has 0 bridgehead atoms. The van der Waals surface area contributed by atoms with Crippen molar-refractivity contribution >= 4 is 0 Å². The number of hydrogen-bond acceptors (Lipinski definition) is 2. The molecule has 0 radical (unpaired) electrons. The Kier molecular flexibility index (Phi) is 3.08. The van der Waals surface area contributed by atoms with E-state index in [-0.39, 0.29) is 0 Å². The Morgan fingerprint density at radius 1 is 1.27 bits per heavy atom. The van der Waals surface area contributed by atoms with Crippen molar-refractivity contribution in [2.24, 2.45) is 0 Å². The molecule has 0 saturated carbocycles. The van der Waals surface area contributed by atoms with Crippen molar-refractivity contribution in [1.29, 1.82) is 0 Å². The molecule has 1 N–H and O–H groups in total. The molecule has 0 unspecified atom stereocenters. The average molecular weight is 205 g/mol. The van der Waals surface area contributed by atoms with Gasteiger partial charge in [-0.1, -0.05) is 37.3 Å². The van der Waals surface area contributed by atoms with Crippen molar-refractivity contribution < 1.29 is 5.11 Å². The molecular formula is C13H19NO. The quantitative estimate of drug-likeness (QED) is 0.808. The highest BCUT2D eigenvalue weighted by molar-refractivity contribution is 5.15. The molecule has 0 aliphatic carbocycles. The van der Waals surface area contributed by atoms with Crippen molar-refractivity contribution in [3.63, 3.8) is 0 Å². The van der Waals surface area contributed by atoms with Crippen LogP contribution in [0.5, 0.6) is 0 Å². The Balaban J connectivity index is 1.73. The fourth-order valence-corrected chi connectivity index (χ4v) is 2.10. The highest BCUT2D eigenvalue weighted by atomic mass is 16.3. The zero-order chi connectivity index (χ0) is 10.7. The van der Waals surface area contributed by atoms with E-state index in [1.54, 1.807) is 0 Å². The number of likely N-dealkylation sites (tertiary alicyclic amines) is 1. The van der Waals surface area contributed by atoms with Crippen LogP contribution in [0.15, 0.2) is 30.3 Å². The topological polar surface area (TPSA) is 23.5 Å². The van der Waals surface area contributed by atoms with Crippen molar-refractivity contribution in [3.8, 4) is 0 Å². The molecule has 2 heteroatoms. The van der Waals surface area contributed by atoms with E-state index in [1.165, 1.54) is 5.56 Å². The number of benzene rings is 1. The molecule has 1 fully saturated rings. The Morgan fingerprint density at radius 3 is 2.53 bits per heavy atom. The molecule has 1 heterocycles. The summed E-state index contributed by atoms with van der Waals surface area (Å²) in [4.78, 5) is 2.32. The summed E-state index contributed by atoms with van der Waals surface area (Å²) in [7, 11) is 0. The van der Waals surface area contributed by atoms with E-state index >= 15 is 0 Å². The lowest BCUT2D eigenvalue weighted by atomic mass is 9.91. The molecular weight excluding hydrogens is 186 g/mol. The molecule has 1 saturated heterocycles. The smallest absolute Gasteiger partial charge is 0.0897 e. The predicted molar refractivity (Wildman–Crippen MR) is 61.8 cm³/mol. The van der Waals surface area contributed by atoms with Crippen LogP contribution < -0.4 is 0 Å². The zero-order valence-electron chi connectivity index (χ0n) is 9.32. The largest absolute Gasteiger partial charge is 0.387 e. The summed E-state index contributed by atoms with van der Waals surface area (Å²) in [6.45, 7) is 4.80. The van der Waals surface area contributed by atoms with Gasteiger partial charge in [0, 0.05) is 19.6 Å². The zero-order valence-corrected chi connectivity index (χ0v) is 9.32. The summed E-state index contributed by atoms with van der Waals surface area (Å²) in [5.41, 5.74) is 0.987. The highest BCUT2D eigenvalue weighted by Crippen LogP contribution is 2.23. The normalized spacial score (nSPS) is 19.9. The van der Waals surface area contributed by atoms with Gasteiger partial charge in [-0.05, 0) is 18.4 Å². The molecule has 0 atom stereocenters. The Hall–Kier alpha value is -0.860. The molecule has 1 aliphatic rings. The SMILES string of the molecule is CCC1(O)CN(CCc2ccccc2)C1. The summed E-state index contributed by atoms with van der Waals surface area (Å²) in [5.74, 6) is 0. The van der Waals surface area contributed by atoms with Crippen LogP contribution in [-0.4, -0.2) is 35.2 Å². The van der Waals surface area contributed by atoms with Gasteiger partial charge in [0.15, 0.2) is 0 Å². The fraction of sp³-hybridized carbons (Fsp3) is 0.538. The van der Waals surface area contributed by atoms with E-state index < -0.39 is 5.60 Å². The summed E-state index contributed by atoms with van der Waals surface area (Å²) in [6, 6.07) is 10.5. The van der Waals surface area contributed by atoms with Crippen LogP contribution in [0.25, 0.3) is 0 Å².